The van der Waals surface area contributed by atoms with Gasteiger partial charge in [-0.15, -0.1) is 0 Å². The van der Waals surface area contributed by atoms with E-state index in [1.807, 2.05) is 32.0 Å². The summed E-state index contributed by atoms with van der Waals surface area (Å²) in [5.41, 5.74) is 1.89. The second kappa shape index (κ2) is 5.34. The van der Waals surface area contributed by atoms with Crippen LogP contribution in [0.25, 0.3) is 0 Å². The molecule has 0 radical (unpaired) electrons. The molecular weight excluding hydrogens is 340 g/mol. The summed E-state index contributed by atoms with van der Waals surface area (Å²) in [7, 11) is 0. The zero-order valence-electron chi connectivity index (χ0n) is 11.3. The van der Waals surface area contributed by atoms with Gasteiger partial charge in [-0.3, -0.25) is 0 Å². The molecule has 0 atom stereocenters. The molecule has 5 heteroatoms. The van der Waals surface area contributed by atoms with Crippen LogP contribution in [0.5, 0.6) is 11.6 Å². The number of ether oxygens (including phenoxy) is 1. The summed E-state index contributed by atoms with van der Waals surface area (Å²) in [5.74, 6) is 2.55. The van der Waals surface area contributed by atoms with Crippen LogP contribution in [0, 0.1) is 13.8 Å². The van der Waals surface area contributed by atoms with Gasteiger partial charge in [-0.1, -0.05) is 27.5 Å². The lowest BCUT2D eigenvalue weighted by molar-refractivity contribution is 0.454. The second-order valence-corrected chi connectivity index (χ2v) is 6.30. The Labute approximate surface area is 131 Å². The molecule has 0 aliphatic heterocycles. The summed E-state index contributed by atoms with van der Waals surface area (Å²) in [5, 5.41) is 0.478. The zero-order chi connectivity index (χ0) is 14.3. The van der Waals surface area contributed by atoms with Crippen molar-refractivity contribution in [3.8, 4) is 11.6 Å². The summed E-state index contributed by atoms with van der Waals surface area (Å²) >= 11 is 9.65. The molecule has 0 amide bonds. The molecule has 0 saturated heterocycles. The lowest BCUT2D eigenvalue weighted by atomic mass is 10.2. The number of nitrogens with zero attached hydrogens (tertiary/aromatic N) is 2. The molecule has 0 unspecified atom stereocenters. The predicted molar refractivity (Wildman–Crippen MR) is 82.7 cm³/mol. The molecule has 1 aromatic carbocycles. The topological polar surface area (TPSA) is 35.0 Å². The molecule has 1 saturated carbocycles. The van der Waals surface area contributed by atoms with Crippen molar-refractivity contribution in [3.63, 3.8) is 0 Å². The third kappa shape index (κ3) is 2.81. The normalized spacial score (nSPS) is 14.4. The van der Waals surface area contributed by atoms with Crippen LogP contribution in [-0.4, -0.2) is 9.97 Å². The van der Waals surface area contributed by atoms with E-state index in [9.17, 15) is 0 Å². The van der Waals surface area contributed by atoms with Crippen LogP contribution < -0.4 is 4.74 Å². The van der Waals surface area contributed by atoms with Crippen molar-refractivity contribution in [2.45, 2.75) is 32.6 Å². The van der Waals surface area contributed by atoms with Gasteiger partial charge in [-0.25, -0.2) is 4.98 Å². The van der Waals surface area contributed by atoms with Crippen molar-refractivity contribution in [2.75, 3.05) is 0 Å². The van der Waals surface area contributed by atoms with E-state index in [1.165, 1.54) is 0 Å². The van der Waals surface area contributed by atoms with Gasteiger partial charge in [-0.05, 0) is 50.5 Å². The summed E-state index contributed by atoms with van der Waals surface area (Å²) in [6.45, 7) is 3.90. The van der Waals surface area contributed by atoms with Gasteiger partial charge in [-0.2, -0.15) is 4.98 Å². The van der Waals surface area contributed by atoms with Crippen molar-refractivity contribution < 1.29 is 4.74 Å². The predicted octanol–water partition coefficient (Wildman–Crippen LogP) is 5.18. The third-order valence-electron chi connectivity index (χ3n) is 3.35. The molecule has 1 heterocycles. The van der Waals surface area contributed by atoms with Crippen LogP contribution in [0.4, 0.5) is 0 Å². The Morgan fingerprint density at radius 3 is 2.65 bits per heavy atom. The fraction of sp³-hybridized carbons (Fsp3) is 0.333. The number of aromatic nitrogens is 2. The first kappa shape index (κ1) is 13.8. The lowest BCUT2D eigenvalue weighted by Gasteiger charge is -2.11. The first-order valence-corrected chi connectivity index (χ1v) is 7.69. The molecule has 20 heavy (non-hydrogen) atoms. The fourth-order valence-corrected chi connectivity index (χ4v) is 2.32. The molecule has 1 aromatic heterocycles. The summed E-state index contributed by atoms with van der Waals surface area (Å²) in [4.78, 5) is 8.85. The van der Waals surface area contributed by atoms with E-state index in [4.69, 9.17) is 16.3 Å². The molecule has 3 rings (SSSR count). The van der Waals surface area contributed by atoms with Gasteiger partial charge in [0.1, 0.15) is 16.7 Å². The smallest absolute Gasteiger partial charge is 0.226 e. The molecule has 3 nitrogen and oxygen atoms in total. The minimum absolute atomic E-state index is 0.446. The molecule has 0 N–H and O–H groups in total. The summed E-state index contributed by atoms with van der Waals surface area (Å²) in [6.07, 6.45) is 2.27. The van der Waals surface area contributed by atoms with Crippen molar-refractivity contribution in [2.24, 2.45) is 0 Å². The zero-order valence-corrected chi connectivity index (χ0v) is 13.6. The van der Waals surface area contributed by atoms with E-state index in [-0.39, 0.29) is 0 Å². The minimum Gasteiger partial charge on any atom is -0.439 e. The highest BCUT2D eigenvalue weighted by atomic mass is 79.9. The van der Waals surface area contributed by atoms with Gasteiger partial charge in [0.05, 0.1) is 0 Å². The van der Waals surface area contributed by atoms with Crippen LogP contribution in [0.2, 0.25) is 5.15 Å². The lowest BCUT2D eigenvalue weighted by Crippen LogP contribution is -2.00. The summed E-state index contributed by atoms with van der Waals surface area (Å²) in [6, 6.07) is 5.84. The molecule has 1 aliphatic rings. The molecule has 0 spiro atoms. The van der Waals surface area contributed by atoms with Gasteiger partial charge in [0.2, 0.25) is 5.88 Å². The molecule has 104 valence electrons. The number of benzene rings is 1. The molecular formula is C15H14BrClN2O. The Morgan fingerprint density at radius 1 is 1.25 bits per heavy atom. The molecule has 1 fully saturated rings. The first-order valence-electron chi connectivity index (χ1n) is 6.52. The Kier molecular flexibility index (Phi) is 3.69. The van der Waals surface area contributed by atoms with Gasteiger partial charge >= 0.3 is 0 Å². The van der Waals surface area contributed by atoms with E-state index in [0.717, 1.165) is 40.0 Å². The number of hydrogen-bond acceptors (Lipinski definition) is 3. The molecule has 2 aromatic rings. The quantitative estimate of drug-likeness (QED) is 0.713. The van der Waals surface area contributed by atoms with E-state index in [0.29, 0.717) is 17.0 Å². The Bertz CT molecular complexity index is 671. The Balaban J connectivity index is 1.94. The maximum absolute atomic E-state index is 6.17. The van der Waals surface area contributed by atoms with Crippen LogP contribution in [-0.2, 0) is 0 Å². The highest BCUT2D eigenvalue weighted by Gasteiger charge is 2.28. The van der Waals surface area contributed by atoms with Crippen molar-refractivity contribution in [1.29, 1.82) is 0 Å². The average Bonchev–Trinajstić information content (AvgIpc) is 3.23. The van der Waals surface area contributed by atoms with Crippen molar-refractivity contribution in [3.05, 3.63) is 44.8 Å². The van der Waals surface area contributed by atoms with Gasteiger partial charge < -0.3 is 4.74 Å². The Hall–Kier alpha value is -1.13. The highest BCUT2D eigenvalue weighted by molar-refractivity contribution is 9.10. The van der Waals surface area contributed by atoms with E-state index >= 15 is 0 Å². The fourth-order valence-electron chi connectivity index (χ4n) is 1.90. The minimum atomic E-state index is 0.446. The number of aryl methyl sites for hydroxylation is 1. The van der Waals surface area contributed by atoms with Gasteiger partial charge in [0.25, 0.3) is 0 Å². The van der Waals surface area contributed by atoms with Crippen molar-refractivity contribution in [1.82, 2.24) is 9.97 Å². The van der Waals surface area contributed by atoms with Gasteiger partial charge in [0.15, 0.2) is 0 Å². The van der Waals surface area contributed by atoms with Gasteiger partial charge in [0, 0.05) is 16.0 Å². The molecule has 1 aliphatic carbocycles. The standard InChI is InChI=1S/C15H14BrClN2O/c1-8-7-11(5-6-12(8)16)20-15-9(2)13(17)18-14(19-15)10-3-4-10/h5-7,10H,3-4H2,1-2H3. The van der Waals surface area contributed by atoms with Crippen LogP contribution in [0.3, 0.4) is 0 Å². The molecule has 0 bridgehead atoms. The number of halogens is 2. The van der Waals surface area contributed by atoms with Crippen LogP contribution >= 0.6 is 27.5 Å². The SMILES string of the molecule is Cc1cc(Oc2nc(C3CC3)nc(Cl)c2C)ccc1Br. The first-order chi connectivity index (χ1) is 9.54. The van der Waals surface area contributed by atoms with E-state index in [2.05, 4.69) is 25.9 Å². The highest BCUT2D eigenvalue weighted by Crippen LogP contribution is 2.40. The number of rotatable bonds is 3. The van der Waals surface area contributed by atoms with Crippen LogP contribution in [0.1, 0.15) is 35.7 Å². The number of hydrogen-bond donors (Lipinski definition) is 0. The van der Waals surface area contributed by atoms with E-state index in [1.54, 1.807) is 0 Å². The van der Waals surface area contributed by atoms with Crippen LogP contribution in [0.15, 0.2) is 22.7 Å². The maximum atomic E-state index is 6.17. The van der Waals surface area contributed by atoms with E-state index < -0.39 is 0 Å². The summed E-state index contributed by atoms with van der Waals surface area (Å²) < 4.78 is 6.94. The third-order valence-corrected chi connectivity index (χ3v) is 4.60. The maximum Gasteiger partial charge on any atom is 0.226 e. The monoisotopic (exact) mass is 352 g/mol. The average molecular weight is 354 g/mol. The largest absolute Gasteiger partial charge is 0.439 e. The Morgan fingerprint density at radius 2 is 2.00 bits per heavy atom. The van der Waals surface area contributed by atoms with Crippen molar-refractivity contribution >= 4 is 27.5 Å². The second-order valence-electron chi connectivity index (χ2n) is 5.09.